The molecular weight excluding hydrogens is 390 g/mol. The van der Waals surface area contributed by atoms with E-state index in [1.807, 2.05) is 19.1 Å². The van der Waals surface area contributed by atoms with E-state index in [0.717, 1.165) is 29.7 Å². The Labute approximate surface area is 133 Å². The monoisotopic (exact) mass is 408 g/mol. The first-order chi connectivity index (χ1) is 9.76. The highest BCUT2D eigenvalue weighted by Gasteiger charge is 2.22. The molecule has 1 aromatic carbocycles. The molecule has 110 valence electrons. The van der Waals surface area contributed by atoms with Crippen LogP contribution in [0.15, 0.2) is 12.1 Å². The maximum absolute atomic E-state index is 11.8. The van der Waals surface area contributed by atoms with Gasteiger partial charge in [-0.25, -0.2) is 0 Å². The molecular formula is C14H18IO4P. The van der Waals surface area contributed by atoms with Crippen molar-refractivity contribution < 1.29 is 18.8 Å². The number of hydrogen-bond acceptors (Lipinski definition) is 4. The lowest BCUT2D eigenvalue weighted by Crippen LogP contribution is -2.04. The number of benzene rings is 1. The lowest BCUT2D eigenvalue weighted by Gasteiger charge is -2.13. The Kier molecular flexibility index (Phi) is 6.52. The molecule has 0 aromatic heterocycles. The normalized spacial score (nSPS) is 14.0. The number of ether oxygens (including phenoxy) is 2. The van der Waals surface area contributed by atoms with Crippen molar-refractivity contribution >= 4 is 34.3 Å². The molecule has 20 heavy (non-hydrogen) atoms. The number of Topliss-reactive ketones (excluding diaryl/α,β-unsaturated/α-hetero) is 1. The summed E-state index contributed by atoms with van der Waals surface area (Å²) in [4.78, 5) is 11.8. The highest BCUT2D eigenvalue weighted by molar-refractivity contribution is 14.2. The summed E-state index contributed by atoms with van der Waals surface area (Å²) in [6.07, 6.45) is 2.22. The first kappa shape index (κ1) is 16.0. The third-order valence-electron chi connectivity index (χ3n) is 3.09. The van der Waals surface area contributed by atoms with Gasteiger partial charge in [-0.2, -0.15) is 0 Å². The molecule has 6 heteroatoms. The lowest BCUT2D eigenvalue weighted by molar-refractivity contribution is 0.0994. The number of hydrogen-bond donors (Lipinski definition) is 0. The molecule has 0 radical (unpaired) electrons. The molecule has 0 amide bonds. The van der Waals surface area contributed by atoms with Crippen molar-refractivity contribution in [2.24, 2.45) is 0 Å². The smallest absolute Gasteiger partial charge is 0.163 e. The second-order valence-electron chi connectivity index (χ2n) is 4.44. The summed E-state index contributed by atoms with van der Waals surface area (Å²) in [6.45, 7) is 4.26. The summed E-state index contributed by atoms with van der Waals surface area (Å²) in [5.74, 6) is 1.60. The number of aryl methyl sites for hydroxylation is 1. The van der Waals surface area contributed by atoms with Crippen molar-refractivity contribution in [2.45, 2.75) is 26.2 Å². The Morgan fingerprint density at radius 1 is 1.20 bits per heavy atom. The summed E-state index contributed by atoms with van der Waals surface area (Å²) < 4.78 is 16.7. The Hall–Kier alpha value is -0.390. The van der Waals surface area contributed by atoms with E-state index in [4.69, 9.17) is 14.0 Å². The van der Waals surface area contributed by atoms with Gasteiger partial charge in [0.1, 0.15) is 0 Å². The Morgan fingerprint density at radius 2 is 2.00 bits per heavy atom. The van der Waals surface area contributed by atoms with Gasteiger partial charge in [-0.15, -0.1) is 0 Å². The molecule has 0 aliphatic heterocycles. The molecule has 0 bridgehead atoms. The average molecular weight is 408 g/mol. The van der Waals surface area contributed by atoms with Crippen molar-refractivity contribution in [1.29, 1.82) is 0 Å². The van der Waals surface area contributed by atoms with Crippen molar-refractivity contribution in [3.05, 3.63) is 23.3 Å². The van der Waals surface area contributed by atoms with Crippen molar-refractivity contribution in [1.82, 2.24) is 0 Å². The Bertz CT molecular complexity index is 478. The van der Waals surface area contributed by atoms with E-state index in [-0.39, 0.29) is 5.78 Å². The summed E-state index contributed by atoms with van der Waals surface area (Å²) in [6, 6.07) is 3.78. The van der Waals surface area contributed by atoms with Crippen LogP contribution < -0.4 is 9.47 Å². The molecule has 1 aliphatic rings. The Balaban J connectivity index is 2.05. The zero-order valence-corrected chi connectivity index (χ0v) is 14.6. The summed E-state index contributed by atoms with van der Waals surface area (Å²) in [5.41, 5.74) is 1.86. The van der Waals surface area contributed by atoms with Crippen LogP contribution in [0.1, 0.15) is 35.7 Å². The van der Waals surface area contributed by atoms with Crippen molar-refractivity contribution in [3.63, 3.8) is 0 Å². The summed E-state index contributed by atoms with van der Waals surface area (Å²) >= 11 is 2.20. The fourth-order valence-electron chi connectivity index (χ4n) is 2.18. The van der Waals surface area contributed by atoms with Crippen molar-refractivity contribution in [2.75, 3.05) is 19.8 Å². The minimum atomic E-state index is 0.197. The van der Waals surface area contributed by atoms with Gasteiger partial charge in [0.15, 0.2) is 17.3 Å². The summed E-state index contributed by atoms with van der Waals surface area (Å²) in [7, 11) is 0. The van der Waals surface area contributed by atoms with Gasteiger partial charge in [0.05, 0.1) is 26.3 Å². The van der Waals surface area contributed by atoms with Crippen LogP contribution in [0.25, 0.3) is 0 Å². The second kappa shape index (κ2) is 8.15. The SMILES string of the molecule is CCOc1cc2c(cc1OCCCOPI)C(=O)CC2. The van der Waals surface area contributed by atoms with E-state index in [1.165, 1.54) is 0 Å². The zero-order chi connectivity index (χ0) is 14.4. The largest absolute Gasteiger partial charge is 0.490 e. The molecule has 0 spiro atoms. The number of carbonyl (C=O) groups excluding carboxylic acids is 1. The number of fused-ring (bicyclic) bond motifs is 1. The van der Waals surface area contributed by atoms with Gasteiger partial charge >= 0.3 is 0 Å². The average Bonchev–Trinajstić information content (AvgIpc) is 2.80. The first-order valence-corrected chi connectivity index (χ1v) is 10.7. The maximum atomic E-state index is 11.8. The van der Waals surface area contributed by atoms with E-state index in [9.17, 15) is 4.79 Å². The molecule has 0 heterocycles. The molecule has 0 N–H and O–H groups in total. The molecule has 0 saturated carbocycles. The number of rotatable bonds is 8. The molecule has 1 aliphatic carbocycles. The minimum Gasteiger partial charge on any atom is -0.490 e. The van der Waals surface area contributed by atoms with E-state index in [2.05, 4.69) is 22.0 Å². The van der Waals surface area contributed by atoms with Crippen LogP contribution in [-0.4, -0.2) is 25.6 Å². The fourth-order valence-corrected chi connectivity index (χ4v) is 3.07. The third-order valence-corrected chi connectivity index (χ3v) is 4.34. The van der Waals surface area contributed by atoms with Crippen LogP contribution in [-0.2, 0) is 10.9 Å². The van der Waals surface area contributed by atoms with Gasteiger partial charge in [0.2, 0.25) is 0 Å². The molecule has 1 unspecified atom stereocenters. The van der Waals surface area contributed by atoms with Crippen LogP contribution >= 0.6 is 28.5 Å². The third kappa shape index (κ3) is 4.06. The van der Waals surface area contributed by atoms with E-state index in [1.54, 1.807) is 0 Å². The van der Waals surface area contributed by atoms with Crippen LogP contribution in [0, 0.1) is 0 Å². The highest BCUT2D eigenvalue weighted by Crippen LogP contribution is 2.35. The van der Waals surface area contributed by atoms with E-state index in [0.29, 0.717) is 38.4 Å². The highest BCUT2D eigenvalue weighted by atomic mass is 127. The minimum absolute atomic E-state index is 0.197. The molecule has 1 atom stereocenters. The maximum Gasteiger partial charge on any atom is 0.163 e. The topological polar surface area (TPSA) is 44.8 Å². The van der Waals surface area contributed by atoms with Crippen molar-refractivity contribution in [3.8, 4) is 11.5 Å². The molecule has 1 aromatic rings. The van der Waals surface area contributed by atoms with Gasteiger partial charge < -0.3 is 14.0 Å². The number of carbonyl (C=O) groups is 1. The summed E-state index contributed by atoms with van der Waals surface area (Å²) in [5, 5.41) is 0. The molecule has 4 nitrogen and oxygen atoms in total. The predicted molar refractivity (Wildman–Crippen MR) is 88.7 cm³/mol. The van der Waals surface area contributed by atoms with Crippen LogP contribution in [0.4, 0.5) is 0 Å². The quantitative estimate of drug-likeness (QED) is 0.372. The van der Waals surface area contributed by atoms with Gasteiger partial charge in [0.25, 0.3) is 0 Å². The standard InChI is InChI=1S/C14H18IO4P/c1-2-17-13-8-10-4-5-12(16)11(10)9-14(13)18-6-3-7-19-20-15/h8-9,20H,2-7H2,1H3. The molecule has 0 fully saturated rings. The van der Waals surface area contributed by atoms with Crippen LogP contribution in [0.5, 0.6) is 11.5 Å². The van der Waals surface area contributed by atoms with Crippen LogP contribution in [0.3, 0.4) is 0 Å². The van der Waals surface area contributed by atoms with E-state index >= 15 is 0 Å². The fraction of sp³-hybridized carbons (Fsp3) is 0.500. The number of ketones is 1. The predicted octanol–water partition coefficient (Wildman–Crippen LogP) is 3.94. The Morgan fingerprint density at radius 3 is 2.75 bits per heavy atom. The number of halogens is 1. The van der Waals surface area contributed by atoms with Gasteiger partial charge in [-0.05, 0) is 53.1 Å². The second-order valence-corrected chi connectivity index (χ2v) is 6.20. The van der Waals surface area contributed by atoms with E-state index < -0.39 is 0 Å². The van der Waals surface area contributed by atoms with Gasteiger partial charge in [-0.3, -0.25) is 4.79 Å². The molecule has 0 saturated heterocycles. The molecule has 2 rings (SSSR count). The lowest BCUT2D eigenvalue weighted by atomic mass is 10.1. The van der Waals surface area contributed by atoms with Gasteiger partial charge in [-0.1, -0.05) is 0 Å². The van der Waals surface area contributed by atoms with Crippen LogP contribution in [0.2, 0.25) is 0 Å². The first-order valence-electron chi connectivity index (χ1n) is 6.69. The van der Waals surface area contributed by atoms with Gasteiger partial charge in [0, 0.05) is 18.4 Å². The zero-order valence-electron chi connectivity index (χ0n) is 11.4.